The predicted molar refractivity (Wildman–Crippen MR) is 138 cm³/mol. The molecule has 36 heavy (non-hydrogen) atoms. The van der Waals surface area contributed by atoms with Crippen LogP contribution in [0.1, 0.15) is 45.2 Å². The summed E-state index contributed by atoms with van der Waals surface area (Å²) in [4.78, 5) is 50.3. The van der Waals surface area contributed by atoms with Crippen molar-refractivity contribution in [3.63, 3.8) is 0 Å². The lowest BCUT2D eigenvalue weighted by atomic mass is 9.96. The Morgan fingerprint density at radius 3 is 1.89 bits per heavy atom. The average molecular weight is 496 g/mol. The monoisotopic (exact) mass is 495 g/mol. The zero-order chi connectivity index (χ0) is 26.5. The molecule has 4 atom stereocenters. The molecule has 0 saturated carbocycles. The Hall–Kier alpha value is -3.68. The van der Waals surface area contributed by atoms with Gasteiger partial charge in [0, 0.05) is 0 Å². The van der Waals surface area contributed by atoms with Crippen LogP contribution in [-0.4, -0.2) is 42.3 Å². The van der Waals surface area contributed by atoms with Gasteiger partial charge in [0.25, 0.3) is 0 Å². The first-order valence-electron chi connectivity index (χ1n) is 12.3. The van der Waals surface area contributed by atoms with Gasteiger partial charge in [-0.1, -0.05) is 94.8 Å². The van der Waals surface area contributed by atoms with E-state index in [1.54, 1.807) is 13.8 Å². The van der Waals surface area contributed by atoms with E-state index in [4.69, 9.17) is 4.74 Å². The summed E-state index contributed by atoms with van der Waals surface area (Å²) in [6.07, 6.45) is 0.948. The van der Waals surface area contributed by atoms with Crippen LogP contribution in [-0.2, 0) is 32.1 Å². The van der Waals surface area contributed by atoms with Crippen molar-refractivity contribution in [2.45, 2.75) is 65.3 Å². The molecule has 0 radical (unpaired) electrons. The molecule has 0 spiro atoms. The van der Waals surface area contributed by atoms with Crippen LogP contribution >= 0.6 is 0 Å². The number of benzene rings is 2. The molecule has 2 aromatic rings. The van der Waals surface area contributed by atoms with E-state index in [0.717, 1.165) is 11.1 Å². The largest absolute Gasteiger partial charge is 0.445 e. The van der Waals surface area contributed by atoms with Crippen molar-refractivity contribution in [1.29, 1.82) is 0 Å². The van der Waals surface area contributed by atoms with Crippen LogP contribution in [0.5, 0.6) is 0 Å². The second-order valence-electron chi connectivity index (χ2n) is 9.24. The highest BCUT2D eigenvalue weighted by Crippen LogP contribution is 2.12. The molecule has 0 saturated heterocycles. The molecular formula is C28H37N3O5. The Balaban J connectivity index is 2.02. The number of carbonyl (C=O) groups is 4. The van der Waals surface area contributed by atoms with E-state index >= 15 is 0 Å². The second kappa shape index (κ2) is 14.7. The van der Waals surface area contributed by atoms with Gasteiger partial charge in [-0.3, -0.25) is 9.59 Å². The Bertz CT molecular complexity index is 981. The molecule has 0 fully saturated rings. The molecule has 0 aromatic heterocycles. The summed E-state index contributed by atoms with van der Waals surface area (Å²) in [5.74, 6) is -1.40. The van der Waals surface area contributed by atoms with E-state index in [2.05, 4.69) is 16.0 Å². The van der Waals surface area contributed by atoms with E-state index < -0.39 is 36.0 Å². The van der Waals surface area contributed by atoms with Crippen LogP contribution in [0.2, 0.25) is 0 Å². The van der Waals surface area contributed by atoms with Crippen LogP contribution in [0.25, 0.3) is 0 Å². The molecule has 0 aliphatic carbocycles. The quantitative estimate of drug-likeness (QED) is 0.369. The molecule has 2 aromatic carbocycles. The molecule has 8 heteroatoms. The lowest BCUT2D eigenvalue weighted by Crippen LogP contribution is -2.58. The number of rotatable bonds is 13. The Morgan fingerprint density at radius 2 is 1.36 bits per heavy atom. The highest BCUT2D eigenvalue weighted by molar-refractivity contribution is 5.92. The zero-order valence-electron chi connectivity index (χ0n) is 21.4. The summed E-state index contributed by atoms with van der Waals surface area (Å²) in [6.45, 7) is 7.43. The molecular weight excluding hydrogens is 458 g/mol. The number of ether oxygens (including phenoxy) is 1. The Labute approximate surface area is 213 Å². The molecule has 2 rings (SSSR count). The lowest BCUT2D eigenvalue weighted by molar-refractivity contribution is -0.132. The Kier molecular flexibility index (Phi) is 11.6. The fourth-order valence-electron chi connectivity index (χ4n) is 3.65. The fraction of sp³-hybridized carbons (Fsp3) is 0.429. The minimum absolute atomic E-state index is 0.0764. The average Bonchev–Trinajstić information content (AvgIpc) is 2.89. The number of aldehydes is 1. The molecule has 0 bridgehead atoms. The number of alkyl carbamates (subject to hydrolysis) is 1. The highest BCUT2D eigenvalue weighted by atomic mass is 16.5. The molecule has 0 aliphatic rings. The molecule has 0 aliphatic heterocycles. The standard InChI is InChI=1S/C28H37N3O5/c1-5-20(4)25(31-28(35)36-18-22-14-10-7-11-15-22)27(34)30-24(19(2)3)26(33)29-23(17-32)16-21-12-8-6-9-13-21/h6-15,17,19-20,23-25H,5,16,18H2,1-4H3,(H,29,33)(H,30,34)(H,31,35)/t20?,23?,24-,25-/m0/s1. The third kappa shape index (κ3) is 9.17. The van der Waals surface area contributed by atoms with Gasteiger partial charge in [0.05, 0.1) is 6.04 Å². The summed E-state index contributed by atoms with van der Waals surface area (Å²) in [7, 11) is 0. The first kappa shape index (κ1) is 28.6. The van der Waals surface area contributed by atoms with Crippen LogP contribution < -0.4 is 16.0 Å². The van der Waals surface area contributed by atoms with Crippen molar-refractivity contribution in [1.82, 2.24) is 16.0 Å². The van der Waals surface area contributed by atoms with E-state index in [0.29, 0.717) is 19.1 Å². The minimum atomic E-state index is -0.890. The predicted octanol–water partition coefficient (Wildman–Crippen LogP) is 3.39. The topological polar surface area (TPSA) is 114 Å². The second-order valence-corrected chi connectivity index (χ2v) is 9.24. The number of nitrogens with one attached hydrogen (secondary N) is 3. The van der Waals surface area contributed by atoms with Crippen LogP contribution in [0.15, 0.2) is 60.7 Å². The highest BCUT2D eigenvalue weighted by Gasteiger charge is 2.32. The van der Waals surface area contributed by atoms with E-state index in [1.165, 1.54) is 0 Å². The summed E-state index contributed by atoms with van der Waals surface area (Å²) >= 11 is 0. The summed E-state index contributed by atoms with van der Waals surface area (Å²) < 4.78 is 5.28. The van der Waals surface area contributed by atoms with Crippen molar-refractivity contribution in [3.8, 4) is 0 Å². The van der Waals surface area contributed by atoms with Crippen LogP contribution in [0, 0.1) is 11.8 Å². The van der Waals surface area contributed by atoms with E-state index in [-0.39, 0.29) is 18.4 Å². The number of carbonyl (C=O) groups excluding carboxylic acids is 4. The van der Waals surface area contributed by atoms with Crippen molar-refractivity contribution in [3.05, 3.63) is 71.8 Å². The fourth-order valence-corrected chi connectivity index (χ4v) is 3.65. The maximum Gasteiger partial charge on any atom is 0.408 e. The molecule has 3 amide bonds. The van der Waals surface area contributed by atoms with Gasteiger partial charge in [-0.05, 0) is 29.4 Å². The van der Waals surface area contributed by atoms with Crippen molar-refractivity contribution >= 4 is 24.2 Å². The first-order valence-corrected chi connectivity index (χ1v) is 12.3. The van der Waals surface area contributed by atoms with E-state index in [9.17, 15) is 19.2 Å². The number of hydrogen-bond donors (Lipinski definition) is 3. The summed E-state index contributed by atoms with van der Waals surface area (Å²) in [5.41, 5.74) is 1.74. The van der Waals surface area contributed by atoms with Gasteiger partial charge in [-0.25, -0.2) is 4.79 Å². The van der Waals surface area contributed by atoms with Gasteiger partial charge in [-0.15, -0.1) is 0 Å². The number of amides is 3. The summed E-state index contributed by atoms with van der Waals surface area (Å²) in [5, 5.41) is 8.14. The maximum atomic E-state index is 13.2. The third-order valence-electron chi connectivity index (χ3n) is 6.02. The van der Waals surface area contributed by atoms with E-state index in [1.807, 2.05) is 74.5 Å². The van der Waals surface area contributed by atoms with Crippen LogP contribution in [0.3, 0.4) is 0 Å². The third-order valence-corrected chi connectivity index (χ3v) is 6.02. The van der Waals surface area contributed by atoms with Crippen molar-refractivity contribution in [2.75, 3.05) is 0 Å². The molecule has 194 valence electrons. The van der Waals surface area contributed by atoms with Gasteiger partial charge in [0.1, 0.15) is 25.0 Å². The maximum absolute atomic E-state index is 13.2. The zero-order valence-corrected chi connectivity index (χ0v) is 21.4. The normalized spacial score (nSPS) is 14.1. The lowest BCUT2D eigenvalue weighted by Gasteiger charge is -2.28. The van der Waals surface area contributed by atoms with Gasteiger partial charge < -0.3 is 25.5 Å². The molecule has 8 nitrogen and oxygen atoms in total. The smallest absolute Gasteiger partial charge is 0.408 e. The van der Waals surface area contributed by atoms with Gasteiger partial charge in [-0.2, -0.15) is 0 Å². The van der Waals surface area contributed by atoms with Crippen molar-refractivity contribution in [2.24, 2.45) is 11.8 Å². The van der Waals surface area contributed by atoms with Gasteiger partial charge in [0.2, 0.25) is 11.8 Å². The molecule has 0 heterocycles. The molecule has 2 unspecified atom stereocenters. The van der Waals surface area contributed by atoms with Crippen molar-refractivity contribution < 1.29 is 23.9 Å². The molecule has 3 N–H and O–H groups in total. The minimum Gasteiger partial charge on any atom is -0.445 e. The van der Waals surface area contributed by atoms with Gasteiger partial charge >= 0.3 is 6.09 Å². The Morgan fingerprint density at radius 1 is 0.806 bits per heavy atom. The van der Waals surface area contributed by atoms with Gasteiger partial charge in [0.15, 0.2) is 0 Å². The number of hydrogen-bond acceptors (Lipinski definition) is 5. The first-order chi connectivity index (χ1) is 17.2. The van der Waals surface area contributed by atoms with Crippen LogP contribution in [0.4, 0.5) is 4.79 Å². The summed E-state index contributed by atoms with van der Waals surface area (Å²) in [6, 6.07) is 16.1. The SMILES string of the molecule is CCC(C)[C@H](NC(=O)OCc1ccccc1)C(=O)N[C@H](C(=O)NC(C=O)Cc1ccccc1)C(C)C.